The van der Waals surface area contributed by atoms with Crippen LogP contribution in [0.15, 0.2) is 24.3 Å². The van der Waals surface area contributed by atoms with Gasteiger partial charge in [0.15, 0.2) is 0 Å². The quantitative estimate of drug-likeness (QED) is 0.646. The summed E-state index contributed by atoms with van der Waals surface area (Å²) in [4.78, 5) is 53.0. The highest BCUT2D eigenvalue weighted by Gasteiger charge is 2.73. The number of rotatable bonds is 4. The molecule has 4 saturated carbocycles. The van der Waals surface area contributed by atoms with E-state index in [0.717, 1.165) is 12.8 Å². The number of hydrogen-bond acceptors (Lipinski definition) is 4. The molecule has 2 N–H and O–H groups in total. The minimum absolute atomic E-state index is 0.156. The van der Waals surface area contributed by atoms with Crippen LogP contribution in [0.4, 0.5) is 11.4 Å². The van der Waals surface area contributed by atoms with Crippen LogP contribution in [0.3, 0.4) is 0 Å². The number of para-hydroxylation sites is 2. The Morgan fingerprint density at radius 1 is 0.647 bits per heavy atom. The van der Waals surface area contributed by atoms with Gasteiger partial charge in [0.2, 0.25) is 11.8 Å². The van der Waals surface area contributed by atoms with Crippen LogP contribution in [0, 0.1) is 32.5 Å². The second kappa shape index (κ2) is 6.58. The lowest BCUT2D eigenvalue weighted by Gasteiger charge is -2.39. The van der Waals surface area contributed by atoms with Crippen molar-refractivity contribution in [1.82, 2.24) is 0 Å². The monoisotopic (exact) mass is 464 g/mol. The van der Waals surface area contributed by atoms with E-state index in [4.69, 9.17) is 0 Å². The van der Waals surface area contributed by atoms with Crippen molar-refractivity contribution in [1.29, 1.82) is 0 Å². The molecule has 34 heavy (non-hydrogen) atoms. The summed E-state index contributed by atoms with van der Waals surface area (Å²) in [7, 11) is 0. The smallest absolute Gasteiger partial charge is 0.231 e. The fraction of sp³-hybridized carbons (Fsp3) is 0.643. The van der Waals surface area contributed by atoms with Crippen molar-refractivity contribution < 1.29 is 19.2 Å². The van der Waals surface area contributed by atoms with Gasteiger partial charge in [-0.1, -0.05) is 53.7 Å². The van der Waals surface area contributed by atoms with E-state index in [1.807, 2.05) is 53.7 Å². The maximum Gasteiger partial charge on any atom is 0.231 e. The third-order valence-electron chi connectivity index (χ3n) is 11.7. The molecule has 6 nitrogen and oxygen atoms in total. The number of benzene rings is 1. The normalized spacial score (nSPS) is 38.9. The van der Waals surface area contributed by atoms with Crippen molar-refractivity contribution >= 4 is 34.8 Å². The molecule has 0 saturated heterocycles. The Labute approximate surface area is 201 Å². The van der Waals surface area contributed by atoms with Gasteiger partial charge < -0.3 is 10.6 Å². The number of fused-ring (bicyclic) bond motifs is 4. The molecule has 0 heterocycles. The molecule has 182 valence electrons. The van der Waals surface area contributed by atoms with Crippen LogP contribution in [0.5, 0.6) is 0 Å². The van der Waals surface area contributed by atoms with E-state index in [2.05, 4.69) is 10.6 Å². The zero-order valence-electron chi connectivity index (χ0n) is 21.2. The third kappa shape index (κ3) is 2.37. The molecule has 0 spiro atoms. The molecule has 4 atom stereocenters. The summed E-state index contributed by atoms with van der Waals surface area (Å²) in [6, 6.07) is 7.20. The van der Waals surface area contributed by atoms with Gasteiger partial charge in [-0.2, -0.15) is 0 Å². The highest BCUT2D eigenvalue weighted by Crippen LogP contribution is 2.72. The molecule has 0 radical (unpaired) electrons. The van der Waals surface area contributed by atoms with Crippen LogP contribution in [0.2, 0.25) is 0 Å². The van der Waals surface area contributed by atoms with Crippen molar-refractivity contribution in [3.05, 3.63) is 24.3 Å². The fourth-order valence-corrected chi connectivity index (χ4v) is 7.91. The Morgan fingerprint density at radius 2 is 1.00 bits per heavy atom. The van der Waals surface area contributed by atoms with Crippen molar-refractivity contribution in [2.75, 3.05) is 10.6 Å². The zero-order chi connectivity index (χ0) is 24.9. The highest BCUT2D eigenvalue weighted by molar-refractivity contribution is 6.09. The van der Waals surface area contributed by atoms with Gasteiger partial charge in [0.1, 0.15) is 11.6 Å². The number of anilines is 2. The first kappa shape index (κ1) is 23.3. The average molecular weight is 465 g/mol. The second-order valence-corrected chi connectivity index (χ2v) is 12.7. The van der Waals surface area contributed by atoms with E-state index in [1.165, 1.54) is 0 Å². The van der Waals surface area contributed by atoms with Gasteiger partial charge in [-0.05, 0) is 48.6 Å². The topological polar surface area (TPSA) is 92.3 Å². The molecular formula is C28H36N2O4. The Kier molecular flexibility index (Phi) is 4.50. The Morgan fingerprint density at radius 3 is 1.26 bits per heavy atom. The second-order valence-electron chi connectivity index (χ2n) is 12.7. The van der Waals surface area contributed by atoms with Crippen LogP contribution < -0.4 is 10.6 Å². The molecule has 0 aromatic heterocycles. The maximum atomic E-state index is 13.7. The molecule has 1 aromatic carbocycles. The average Bonchev–Trinajstić information content (AvgIpc) is 3.23. The Bertz CT molecular complexity index is 1060. The molecular weight excluding hydrogens is 428 g/mol. The van der Waals surface area contributed by atoms with E-state index in [0.29, 0.717) is 24.2 Å². The molecule has 1 aromatic rings. The molecule has 4 bridgehead atoms. The van der Waals surface area contributed by atoms with Crippen LogP contribution in [0.1, 0.15) is 80.1 Å². The molecule has 4 aliphatic carbocycles. The van der Waals surface area contributed by atoms with Crippen molar-refractivity contribution in [2.24, 2.45) is 32.5 Å². The van der Waals surface area contributed by atoms with Crippen LogP contribution >= 0.6 is 0 Å². The Balaban J connectivity index is 1.42. The first-order chi connectivity index (χ1) is 15.7. The summed E-state index contributed by atoms with van der Waals surface area (Å²) in [5.74, 6) is 0.0162. The first-order valence-electron chi connectivity index (χ1n) is 12.5. The summed E-state index contributed by atoms with van der Waals surface area (Å²) in [5, 5.41) is 6.13. The predicted molar refractivity (Wildman–Crippen MR) is 130 cm³/mol. The SMILES string of the molecule is CC12CCC(C(=O)Nc3ccccc3NC(=O)C34CCC(C)(C(=O)C3)C4(C)C)(CC1=O)C2(C)C. The van der Waals surface area contributed by atoms with Crippen molar-refractivity contribution in [2.45, 2.75) is 80.1 Å². The fourth-order valence-electron chi connectivity index (χ4n) is 7.91. The largest absolute Gasteiger partial charge is 0.324 e. The molecule has 0 aliphatic heterocycles. The first-order valence-corrected chi connectivity index (χ1v) is 12.5. The van der Waals surface area contributed by atoms with Gasteiger partial charge >= 0.3 is 0 Å². The standard InChI is InChI=1S/C28H36N2O4/c1-23(2)25(5)11-13-27(23,15-19(25)31)21(33)29-17-9-7-8-10-18(17)30-22(34)28-14-12-26(6,20(32)16-28)24(28,3)4/h7-10H,11-16H2,1-6H3,(H,29,33)(H,30,34). The number of amides is 2. The number of Topliss-reactive ketones (excluding diaryl/α,β-unsaturated/α-hetero) is 2. The summed E-state index contributed by atoms with van der Waals surface area (Å²) in [6.45, 7) is 12.1. The molecule has 4 unspecified atom stereocenters. The lowest BCUT2D eigenvalue weighted by Crippen LogP contribution is -2.44. The van der Waals surface area contributed by atoms with Gasteiger partial charge in [-0.15, -0.1) is 0 Å². The summed E-state index contributed by atoms with van der Waals surface area (Å²) in [5.41, 5.74) is -2.29. The van der Waals surface area contributed by atoms with Crippen molar-refractivity contribution in [3.63, 3.8) is 0 Å². The van der Waals surface area contributed by atoms with Gasteiger partial charge in [-0.25, -0.2) is 0 Å². The molecule has 4 aliphatic rings. The van der Waals surface area contributed by atoms with E-state index in [1.54, 1.807) is 12.1 Å². The zero-order valence-corrected chi connectivity index (χ0v) is 21.2. The number of ketones is 2. The van der Waals surface area contributed by atoms with Crippen molar-refractivity contribution in [3.8, 4) is 0 Å². The number of carbonyl (C=O) groups excluding carboxylic acids is 4. The minimum Gasteiger partial charge on any atom is -0.324 e. The number of carbonyl (C=O) groups is 4. The van der Waals surface area contributed by atoms with Gasteiger partial charge in [0.05, 0.1) is 22.2 Å². The lowest BCUT2D eigenvalue weighted by atomic mass is 9.64. The molecule has 6 heteroatoms. The number of hydrogen-bond donors (Lipinski definition) is 2. The van der Waals surface area contributed by atoms with E-state index < -0.39 is 32.5 Å². The summed E-state index contributed by atoms with van der Waals surface area (Å²) < 4.78 is 0. The van der Waals surface area contributed by atoms with Crippen LogP contribution in [0.25, 0.3) is 0 Å². The van der Waals surface area contributed by atoms with E-state index in [9.17, 15) is 19.2 Å². The highest BCUT2D eigenvalue weighted by atomic mass is 16.2. The molecule has 5 rings (SSSR count). The predicted octanol–water partition coefficient (Wildman–Crippen LogP) is 5.13. The lowest BCUT2D eigenvalue weighted by molar-refractivity contribution is -0.132. The maximum absolute atomic E-state index is 13.7. The van der Waals surface area contributed by atoms with Crippen LogP contribution in [-0.2, 0) is 19.2 Å². The molecule has 2 amide bonds. The van der Waals surface area contributed by atoms with E-state index in [-0.39, 0.29) is 36.2 Å². The third-order valence-corrected chi connectivity index (χ3v) is 11.7. The minimum atomic E-state index is -0.748. The molecule has 4 fully saturated rings. The summed E-state index contributed by atoms with van der Waals surface area (Å²) >= 11 is 0. The van der Waals surface area contributed by atoms with Gasteiger partial charge in [-0.3, -0.25) is 19.2 Å². The Hall–Kier alpha value is -2.50. The summed E-state index contributed by atoms with van der Waals surface area (Å²) in [6.07, 6.45) is 3.31. The van der Waals surface area contributed by atoms with Gasteiger partial charge in [0.25, 0.3) is 0 Å². The number of nitrogens with one attached hydrogen (secondary N) is 2. The van der Waals surface area contributed by atoms with Gasteiger partial charge in [0, 0.05) is 23.7 Å². The van der Waals surface area contributed by atoms with Crippen LogP contribution in [-0.4, -0.2) is 23.4 Å². The van der Waals surface area contributed by atoms with E-state index >= 15 is 0 Å².